The van der Waals surface area contributed by atoms with Gasteiger partial charge in [-0.1, -0.05) is 23.7 Å². The number of rotatable bonds is 5. The lowest BCUT2D eigenvalue weighted by Crippen LogP contribution is -2.53. The fraction of sp³-hybridized carbons (Fsp3) is 0.588. The predicted octanol–water partition coefficient (Wildman–Crippen LogP) is 2.56. The highest BCUT2D eigenvalue weighted by atomic mass is 127. The molecule has 26 heavy (non-hydrogen) atoms. The smallest absolute Gasteiger partial charge is 0.193 e. The van der Waals surface area contributed by atoms with Crippen LogP contribution in [0.15, 0.2) is 29.3 Å². The van der Waals surface area contributed by atoms with E-state index in [1.54, 1.807) is 7.05 Å². The summed E-state index contributed by atoms with van der Waals surface area (Å²) in [6.45, 7) is 1.90. The molecule has 0 radical (unpaired) electrons. The molecule has 6 nitrogen and oxygen atoms in total. The normalized spacial score (nSPS) is 17.3. The molecule has 0 aliphatic carbocycles. The number of aliphatic imine (C=N–C) groups is 1. The lowest BCUT2D eigenvalue weighted by Gasteiger charge is -2.36. The number of nitrogens with one attached hydrogen (secondary N) is 1. The van der Waals surface area contributed by atoms with Gasteiger partial charge < -0.3 is 15.0 Å². The first-order chi connectivity index (χ1) is 11.8. The van der Waals surface area contributed by atoms with Crippen molar-refractivity contribution in [1.82, 2.24) is 10.2 Å². The topological polar surface area (TPSA) is 71.0 Å². The first-order valence-electron chi connectivity index (χ1n) is 8.21. The minimum Gasteiger partial charge on any atom is -0.381 e. The van der Waals surface area contributed by atoms with Crippen molar-refractivity contribution in [2.75, 3.05) is 40.1 Å². The summed E-state index contributed by atoms with van der Waals surface area (Å²) in [6.07, 6.45) is 2.30. The Morgan fingerprint density at radius 2 is 1.88 bits per heavy atom. The van der Waals surface area contributed by atoms with Crippen LogP contribution in [-0.4, -0.2) is 64.1 Å². The summed E-state index contributed by atoms with van der Waals surface area (Å²) in [7, 11) is 0.399. The zero-order valence-electron chi connectivity index (χ0n) is 15.4. The van der Waals surface area contributed by atoms with Gasteiger partial charge in [0.25, 0.3) is 0 Å². The van der Waals surface area contributed by atoms with Crippen LogP contribution in [0.1, 0.15) is 18.4 Å². The van der Waals surface area contributed by atoms with Gasteiger partial charge in [0.15, 0.2) is 15.8 Å². The number of sulfone groups is 1. The number of nitrogens with zero attached hydrogens (tertiary/aromatic N) is 2. The maximum Gasteiger partial charge on any atom is 0.193 e. The maximum absolute atomic E-state index is 12.3. The average molecular weight is 516 g/mol. The van der Waals surface area contributed by atoms with Crippen LogP contribution in [0.3, 0.4) is 0 Å². The van der Waals surface area contributed by atoms with Crippen LogP contribution in [0.25, 0.3) is 0 Å². The summed E-state index contributed by atoms with van der Waals surface area (Å²) in [6, 6.07) is 7.62. The highest BCUT2D eigenvalue weighted by molar-refractivity contribution is 14.0. The Kier molecular flexibility index (Phi) is 9.11. The number of guanidine groups is 1. The van der Waals surface area contributed by atoms with Gasteiger partial charge >= 0.3 is 0 Å². The molecule has 0 atom stereocenters. The second-order valence-corrected chi connectivity index (χ2v) is 9.30. The molecule has 1 aliphatic heterocycles. The molecule has 1 aromatic carbocycles. The van der Waals surface area contributed by atoms with Gasteiger partial charge in [-0.2, -0.15) is 0 Å². The Labute approximate surface area is 178 Å². The molecule has 1 saturated heterocycles. The van der Waals surface area contributed by atoms with E-state index in [1.807, 2.05) is 36.2 Å². The Balaban J connectivity index is 0.00000338. The van der Waals surface area contributed by atoms with Crippen molar-refractivity contribution in [3.05, 3.63) is 34.9 Å². The lowest BCUT2D eigenvalue weighted by molar-refractivity contribution is 0.0755. The molecule has 1 fully saturated rings. The largest absolute Gasteiger partial charge is 0.381 e. The highest BCUT2D eigenvalue weighted by Crippen LogP contribution is 2.28. The van der Waals surface area contributed by atoms with Crippen LogP contribution >= 0.6 is 35.6 Å². The second-order valence-electron chi connectivity index (χ2n) is 6.45. The maximum atomic E-state index is 12.3. The van der Waals surface area contributed by atoms with E-state index < -0.39 is 14.6 Å². The zero-order valence-corrected chi connectivity index (χ0v) is 19.3. The number of hydrogen-bond donors (Lipinski definition) is 1. The van der Waals surface area contributed by atoms with Crippen molar-refractivity contribution in [2.24, 2.45) is 4.99 Å². The molecule has 0 spiro atoms. The van der Waals surface area contributed by atoms with Crippen molar-refractivity contribution < 1.29 is 13.2 Å². The first kappa shape index (κ1) is 23.5. The Morgan fingerprint density at radius 1 is 1.31 bits per heavy atom. The van der Waals surface area contributed by atoms with Crippen LogP contribution < -0.4 is 5.32 Å². The molecule has 0 saturated carbocycles. The fourth-order valence-electron chi connectivity index (χ4n) is 2.99. The van der Waals surface area contributed by atoms with E-state index in [0.29, 0.717) is 50.1 Å². The summed E-state index contributed by atoms with van der Waals surface area (Å²) in [5.74, 6) is 0.657. The molecule has 1 N–H and O–H groups in total. The fourth-order valence-corrected chi connectivity index (χ4v) is 4.35. The molecular formula is C17H27ClIN3O3S. The van der Waals surface area contributed by atoms with Gasteiger partial charge in [0.1, 0.15) is 0 Å². The molecular weight excluding hydrogens is 489 g/mol. The molecule has 9 heteroatoms. The second kappa shape index (κ2) is 10.1. The van der Waals surface area contributed by atoms with E-state index in [4.69, 9.17) is 16.3 Å². The number of ether oxygens (including phenoxy) is 1. The van der Waals surface area contributed by atoms with E-state index in [9.17, 15) is 8.42 Å². The van der Waals surface area contributed by atoms with Gasteiger partial charge in [0.05, 0.1) is 4.75 Å². The lowest BCUT2D eigenvalue weighted by atomic mass is 9.99. The van der Waals surface area contributed by atoms with Gasteiger partial charge in [0, 0.05) is 51.7 Å². The van der Waals surface area contributed by atoms with Crippen LogP contribution in [0.5, 0.6) is 0 Å². The van der Waals surface area contributed by atoms with Gasteiger partial charge in [-0.25, -0.2) is 8.42 Å². The molecule has 1 heterocycles. The summed E-state index contributed by atoms with van der Waals surface area (Å²) in [4.78, 5) is 6.24. The summed E-state index contributed by atoms with van der Waals surface area (Å²) in [5, 5.41) is 3.93. The van der Waals surface area contributed by atoms with Crippen LogP contribution in [0, 0.1) is 0 Å². The number of halogens is 2. The van der Waals surface area contributed by atoms with Gasteiger partial charge in [-0.15, -0.1) is 24.0 Å². The Hall–Kier alpha value is -0.580. The van der Waals surface area contributed by atoms with Crippen molar-refractivity contribution in [2.45, 2.75) is 24.1 Å². The standard InChI is InChI=1S/C17H26ClN3O3S.HI/c1-19-16(21(2)12-14-4-6-15(18)7-5-14)20-13-17(25(3,22)23)8-10-24-11-9-17;/h4-7H,8-13H2,1-3H3,(H,19,20);1H. The van der Waals surface area contributed by atoms with Crippen molar-refractivity contribution >= 4 is 51.4 Å². The Morgan fingerprint density at radius 3 is 2.38 bits per heavy atom. The molecule has 0 aromatic heterocycles. The van der Waals surface area contributed by atoms with E-state index in [0.717, 1.165) is 5.56 Å². The van der Waals surface area contributed by atoms with E-state index in [-0.39, 0.29) is 24.0 Å². The van der Waals surface area contributed by atoms with E-state index >= 15 is 0 Å². The molecule has 0 bridgehead atoms. The highest BCUT2D eigenvalue weighted by Gasteiger charge is 2.42. The molecule has 2 rings (SSSR count). The third-order valence-corrected chi connectivity index (χ3v) is 7.04. The van der Waals surface area contributed by atoms with Crippen molar-refractivity contribution in [3.63, 3.8) is 0 Å². The number of benzene rings is 1. The minimum absolute atomic E-state index is 0. The molecule has 1 aliphatic rings. The van der Waals surface area contributed by atoms with Crippen LogP contribution in [0.2, 0.25) is 5.02 Å². The first-order valence-corrected chi connectivity index (χ1v) is 10.5. The van der Waals surface area contributed by atoms with Gasteiger partial charge in [-0.05, 0) is 30.5 Å². The van der Waals surface area contributed by atoms with Gasteiger partial charge in [0.2, 0.25) is 0 Å². The summed E-state index contributed by atoms with van der Waals surface area (Å²) < 4.78 is 29.2. The van der Waals surface area contributed by atoms with E-state index in [2.05, 4.69) is 10.3 Å². The summed E-state index contributed by atoms with van der Waals surface area (Å²) in [5.41, 5.74) is 1.10. The average Bonchev–Trinajstić information content (AvgIpc) is 2.57. The molecule has 0 unspecified atom stereocenters. The zero-order chi connectivity index (χ0) is 18.5. The van der Waals surface area contributed by atoms with Crippen LogP contribution in [-0.2, 0) is 21.1 Å². The predicted molar refractivity (Wildman–Crippen MR) is 117 cm³/mol. The molecule has 148 valence electrons. The third-order valence-electron chi connectivity index (χ3n) is 4.67. The van der Waals surface area contributed by atoms with Crippen molar-refractivity contribution in [1.29, 1.82) is 0 Å². The van der Waals surface area contributed by atoms with Crippen molar-refractivity contribution in [3.8, 4) is 0 Å². The van der Waals surface area contributed by atoms with Crippen LogP contribution in [0.4, 0.5) is 0 Å². The quantitative estimate of drug-likeness (QED) is 0.371. The number of hydrogen-bond acceptors (Lipinski definition) is 4. The minimum atomic E-state index is -3.21. The molecule has 0 amide bonds. The van der Waals surface area contributed by atoms with E-state index in [1.165, 1.54) is 6.26 Å². The monoisotopic (exact) mass is 515 g/mol. The SMILES string of the molecule is CN=C(NCC1(S(C)(=O)=O)CCOCC1)N(C)Cc1ccc(Cl)cc1.I. The Bertz CT molecular complexity index is 704. The third kappa shape index (κ3) is 5.97. The summed E-state index contributed by atoms with van der Waals surface area (Å²) >= 11 is 5.92. The van der Waals surface area contributed by atoms with Gasteiger partial charge in [-0.3, -0.25) is 4.99 Å². The molecule has 1 aromatic rings.